The molecular formula is C20H34N4O2. The van der Waals surface area contributed by atoms with Crippen molar-refractivity contribution in [3.05, 3.63) is 30.3 Å². The van der Waals surface area contributed by atoms with Gasteiger partial charge in [-0.1, -0.05) is 18.2 Å². The molecule has 1 aromatic carbocycles. The number of para-hydroxylation sites is 1. The predicted molar refractivity (Wildman–Crippen MR) is 108 cm³/mol. The molecule has 0 spiro atoms. The molecule has 1 atom stereocenters. The van der Waals surface area contributed by atoms with Gasteiger partial charge in [0.25, 0.3) is 0 Å². The molecule has 146 valence electrons. The molecule has 0 aromatic heterocycles. The molecule has 3 N–H and O–H groups in total. The number of guanidine groups is 1. The smallest absolute Gasteiger partial charge is 0.191 e. The third-order valence-electron chi connectivity index (χ3n) is 4.14. The van der Waals surface area contributed by atoms with Gasteiger partial charge < -0.3 is 25.4 Å². The molecule has 1 heterocycles. The summed E-state index contributed by atoms with van der Waals surface area (Å²) < 4.78 is 11.2. The van der Waals surface area contributed by atoms with Crippen molar-refractivity contribution in [1.29, 1.82) is 0 Å². The summed E-state index contributed by atoms with van der Waals surface area (Å²) in [5.41, 5.74) is 1.16. The minimum Gasteiger partial charge on any atom is -0.385 e. The molecule has 6 heteroatoms. The first-order chi connectivity index (χ1) is 12.9. The first kappa shape index (κ1) is 20.5. The number of aliphatic imine (C=N–C) groups is 1. The molecule has 0 aliphatic carbocycles. The van der Waals surface area contributed by atoms with E-state index in [-0.39, 0.29) is 0 Å². The Morgan fingerprint density at radius 2 is 2.08 bits per heavy atom. The Balaban J connectivity index is 1.51. The zero-order valence-electron chi connectivity index (χ0n) is 16.0. The van der Waals surface area contributed by atoms with Crippen molar-refractivity contribution in [2.45, 2.75) is 38.7 Å². The molecule has 2 rings (SSSR count). The number of anilines is 1. The second-order valence-electron chi connectivity index (χ2n) is 6.40. The number of benzene rings is 1. The Morgan fingerprint density at radius 1 is 1.19 bits per heavy atom. The van der Waals surface area contributed by atoms with Crippen LogP contribution in [0.4, 0.5) is 5.69 Å². The van der Waals surface area contributed by atoms with Crippen molar-refractivity contribution < 1.29 is 9.47 Å². The van der Waals surface area contributed by atoms with Gasteiger partial charge in [0.1, 0.15) is 0 Å². The highest BCUT2D eigenvalue weighted by atomic mass is 16.5. The van der Waals surface area contributed by atoms with Gasteiger partial charge in [0.2, 0.25) is 0 Å². The highest BCUT2D eigenvalue weighted by Gasteiger charge is 2.14. The average molecular weight is 363 g/mol. The summed E-state index contributed by atoms with van der Waals surface area (Å²) in [6, 6.07) is 10.3. The van der Waals surface area contributed by atoms with Crippen molar-refractivity contribution in [1.82, 2.24) is 10.6 Å². The number of hydrogen-bond donors (Lipinski definition) is 3. The van der Waals surface area contributed by atoms with Gasteiger partial charge in [-0.25, -0.2) is 0 Å². The van der Waals surface area contributed by atoms with Crippen LogP contribution in [0.1, 0.15) is 32.6 Å². The lowest BCUT2D eigenvalue weighted by atomic mass is 10.2. The van der Waals surface area contributed by atoms with E-state index in [1.807, 2.05) is 18.2 Å². The fourth-order valence-electron chi connectivity index (χ4n) is 2.77. The molecule has 1 unspecified atom stereocenters. The summed E-state index contributed by atoms with van der Waals surface area (Å²) in [6.45, 7) is 7.89. The van der Waals surface area contributed by atoms with Crippen LogP contribution in [-0.4, -0.2) is 58.1 Å². The molecular weight excluding hydrogens is 328 g/mol. The lowest BCUT2D eigenvalue weighted by molar-refractivity contribution is 0.0168. The summed E-state index contributed by atoms with van der Waals surface area (Å²) >= 11 is 0. The van der Waals surface area contributed by atoms with Crippen molar-refractivity contribution in [3.8, 4) is 0 Å². The van der Waals surface area contributed by atoms with Gasteiger partial charge >= 0.3 is 0 Å². The number of ether oxygens (including phenoxy) is 2. The van der Waals surface area contributed by atoms with Gasteiger partial charge in [0.05, 0.1) is 12.7 Å². The fourth-order valence-corrected chi connectivity index (χ4v) is 2.77. The number of nitrogens with zero attached hydrogens (tertiary/aromatic N) is 1. The molecule has 1 saturated heterocycles. The Hall–Kier alpha value is -1.79. The van der Waals surface area contributed by atoms with Crippen molar-refractivity contribution in [2.24, 2.45) is 4.99 Å². The molecule has 6 nitrogen and oxygen atoms in total. The minimum absolute atomic E-state index is 0.311. The van der Waals surface area contributed by atoms with Gasteiger partial charge in [-0.3, -0.25) is 4.99 Å². The van der Waals surface area contributed by atoms with Gasteiger partial charge in [-0.15, -0.1) is 0 Å². The van der Waals surface area contributed by atoms with Gasteiger partial charge in [0.15, 0.2) is 5.96 Å². The maximum atomic E-state index is 5.68. The molecule has 1 aliphatic heterocycles. The van der Waals surface area contributed by atoms with E-state index >= 15 is 0 Å². The second-order valence-corrected chi connectivity index (χ2v) is 6.40. The molecule has 0 saturated carbocycles. The summed E-state index contributed by atoms with van der Waals surface area (Å²) in [7, 11) is 0. The van der Waals surface area contributed by atoms with Crippen LogP contribution in [-0.2, 0) is 9.47 Å². The predicted octanol–water partition coefficient (Wildman–Crippen LogP) is 2.63. The zero-order valence-corrected chi connectivity index (χ0v) is 16.0. The largest absolute Gasteiger partial charge is 0.385 e. The first-order valence-corrected chi connectivity index (χ1v) is 9.89. The molecule has 1 fully saturated rings. The average Bonchev–Trinajstić information content (AvgIpc) is 3.18. The first-order valence-electron chi connectivity index (χ1n) is 9.89. The Morgan fingerprint density at radius 3 is 2.85 bits per heavy atom. The van der Waals surface area contributed by atoms with E-state index in [9.17, 15) is 0 Å². The number of rotatable bonds is 12. The van der Waals surface area contributed by atoms with Gasteiger partial charge in [-0.05, 0) is 44.7 Å². The summed E-state index contributed by atoms with van der Waals surface area (Å²) in [5.74, 6) is 0.881. The lowest BCUT2D eigenvalue weighted by Gasteiger charge is -2.13. The standard InChI is InChI=1S/C20H34N4O2/c1-2-21-20(23-13-7-12-22-18-9-4-3-5-10-18)24-14-8-15-25-17-19-11-6-16-26-19/h3-5,9-10,19,22H,2,6-8,11-17H2,1H3,(H2,21,23,24). The van der Waals surface area contributed by atoms with E-state index < -0.39 is 0 Å². The summed E-state index contributed by atoms with van der Waals surface area (Å²) in [5, 5.41) is 10.1. The van der Waals surface area contributed by atoms with Crippen LogP contribution in [0, 0.1) is 0 Å². The van der Waals surface area contributed by atoms with Crippen LogP contribution in [0.25, 0.3) is 0 Å². The van der Waals surface area contributed by atoms with Crippen LogP contribution in [0.5, 0.6) is 0 Å². The van der Waals surface area contributed by atoms with Crippen LogP contribution in [0.2, 0.25) is 0 Å². The lowest BCUT2D eigenvalue weighted by Crippen LogP contribution is -2.38. The SMILES string of the molecule is CCNC(=NCCCNc1ccccc1)NCCCOCC1CCCO1. The highest BCUT2D eigenvalue weighted by Crippen LogP contribution is 2.11. The van der Waals surface area contributed by atoms with Crippen LogP contribution in [0.3, 0.4) is 0 Å². The molecule has 0 radical (unpaired) electrons. The van der Waals surface area contributed by atoms with Crippen molar-refractivity contribution in [2.75, 3.05) is 51.3 Å². The Kier molecular flexibility index (Phi) is 10.6. The van der Waals surface area contributed by atoms with E-state index in [1.165, 1.54) is 6.42 Å². The highest BCUT2D eigenvalue weighted by molar-refractivity contribution is 5.79. The third kappa shape index (κ3) is 9.06. The van der Waals surface area contributed by atoms with E-state index in [1.54, 1.807) is 0 Å². The van der Waals surface area contributed by atoms with Gasteiger partial charge in [-0.2, -0.15) is 0 Å². The summed E-state index contributed by atoms with van der Waals surface area (Å²) in [6.07, 6.45) is 4.57. The van der Waals surface area contributed by atoms with E-state index in [4.69, 9.17) is 9.47 Å². The maximum Gasteiger partial charge on any atom is 0.191 e. The van der Waals surface area contributed by atoms with Crippen LogP contribution >= 0.6 is 0 Å². The van der Waals surface area contributed by atoms with E-state index in [0.717, 1.165) is 76.9 Å². The van der Waals surface area contributed by atoms with Crippen molar-refractivity contribution >= 4 is 11.6 Å². The van der Waals surface area contributed by atoms with Gasteiger partial charge in [0, 0.05) is 45.1 Å². The monoisotopic (exact) mass is 362 g/mol. The third-order valence-corrected chi connectivity index (χ3v) is 4.14. The molecule has 1 aliphatic rings. The zero-order chi connectivity index (χ0) is 18.3. The Labute approximate surface area is 157 Å². The maximum absolute atomic E-state index is 5.68. The van der Waals surface area contributed by atoms with E-state index in [0.29, 0.717) is 6.10 Å². The molecule has 1 aromatic rings. The summed E-state index contributed by atoms with van der Waals surface area (Å²) in [4.78, 5) is 4.62. The Bertz CT molecular complexity index is 490. The van der Waals surface area contributed by atoms with Crippen LogP contribution in [0.15, 0.2) is 35.3 Å². The van der Waals surface area contributed by atoms with Crippen LogP contribution < -0.4 is 16.0 Å². The quantitative estimate of drug-likeness (QED) is 0.303. The molecule has 0 bridgehead atoms. The number of nitrogens with one attached hydrogen (secondary N) is 3. The molecule has 26 heavy (non-hydrogen) atoms. The normalized spacial score (nSPS) is 17.3. The topological polar surface area (TPSA) is 66.9 Å². The molecule has 0 amide bonds. The fraction of sp³-hybridized carbons (Fsp3) is 0.650. The number of hydrogen-bond acceptors (Lipinski definition) is 4. The van der Waals surface area contributed by atoms with E-state index in [2.05, 4.69) is 40.0 Å². The second kappa shape index (κ2) is 13.4. The minimum atomic E-state index is 0.311. The van der Waals surface area contributed by atoms with Crippen molar-refractivity contribution in [3.63, 3.8) is 0 Å².